The lowest BCUT2D eigenvalue weighted by atomic mass is 10.3. The molecule has 3 aromatic rings. The zero-order valence-corrected chi connectivity index (χ0v) is 18.5. The number of amides is 1. The number of benzene rings is 1. The molecule has 0 unspecified atom stereocenters. The van der Waals surface area contributed by atoms with Crippen LogP contribution in [0.5, 0.6) is 0 Å². The molecule has 1 fully saturated rings. The van der Waals surface area contributed by atoms with Gasteiger partial charge in [-0.25, -0.2) is 14.8 Å². The van der Waals surface area contributed by atoms with E-state index in [1.807, 2.05) is 31.2 Å². The van der Waals surface area contributed by atoms with Crippen molar-refractivity contribution in [2.45, 2.75) is 36.7 Å². The lowest BCUT2D eigenvalue weighted by Gasteiger charge is -2.12. The lowest BCUT2D eigenvalue weighted by Crippen LogP contribution is -2.14. The van der Waals surface area contributed by atoms with Crippen LogP contribution in [0.4, 0.5) is 23.0 Å². The molecule has 1 aliphatic carbocycles. The van der Waals surface area contributed by atoms with Gasteiger partial charge in [0.15, 0.2) is 22.5 Å². The van der Waals surface area contributed by atoms with Crippen molar-refractivity contribution in [2.24, 2.45) is 5.92 Å². The Bertz CT molecular complexity index is 1140. The molecule has 1 aliphatic rings. The minimum atomic E-state index is -0.631. The normalized spacial score (nSPS) is 12.9. The number of ether oxygens (including phenoxy) is 1. The monoisotopic (exact) mass is 453 g/mol. The quantitative estimate of drug-likeness (QED) is 0.297. The predicted molar refractivity (Wildman–Crippen MR) is 121 cm³/mol. The highest BCUT2D eigenvalue weighted by atomic mass is 32.2. The Labute approximate surface area is 188 Å². The number of hydrogen-bond acceptors (Lipinski definition) is 9. The average Bonchev–Trinajstić information content (AvgIpc) is 3.54. The first-order valence-electron chi connectivity index (χ1n) is 10.2. The molecule has 11 heteroatoms. The number of carbonyl (C=O) groups excluding carboxylic acids is 2. The minimum absolute atomic E-state index is 0.0209. The van der Waals surface area contributed by atoms with Crippen molar-refractivity contribution < 1.29 is 14.3 Å². The number of nitrogens with two attached hydrogens (primary N) is 1. The third-order valence-corrected chi connectivity index (χ3v) is 5.50. The van der Waals surface area contributed by atoms with Crippen LogP contribution >= 0.6 is 11.8 Å². The number of aromatic amines is 1. The van der Waals surface area contributed by atoms with E-state index in [1.165, 1.54) is 11.8 Å². The second-order valence-corrected chi connectivity index (χ2v) is 8.33. The van der Waals surface area contributed by atoms with Crippen LogP contribution in [0.2, 0.25) is 0 Å². The zero-order chi connectivity index (χ0) is 22.7. The summed E-state index contributed by atoms with van der Waals surface area (Å²) in [6, 6.07) is 9.12. The molecule has 0 bridgehead atoms. The maximum Gasteiger partial charge on any atom is 0.359 e. The van der Waals surface area contributed by atoms with Gasteiger partial charge < -0.3 is 21.1 Å². The fraction of sp³-hybridized carbons (Fsp3) is 0.286. The summed E-state index contributed by atoms with van der Waals surface area (Å²) in [6.45, 7) is 3.77. The number of rotatable bonds is 8. The van der Waals surface area contributed by atoms with Gasteiger partial charge in [0.05, 0.1) is 6.61 Å². The van der Waals surface area contributed by atoms with Crippen molar-refractivity contribution >= 4 is 46.6 Å². The molecule has 0 aliphatic heterocycles. The standard InChI is InChI=1S/C21H23N7O3S/c1-3-31-20(30)17-16(22)18(24-15-10-11(2)27-28-15)26-21(25-17)32-14-8-6-13(7-9-14)23-19(29)12-4-5-12/h6-10,12H,3-5,22H2,1-2H3,(H,23,29)(H2,24,25,26,27,28). The van der Waals surface area contributed by atoms with Crippen LogP contribution < -0.4 is 16.4 Å². The number of hydrogen-bond donors (Lipinski definition) is 4. The smallest absolute Gasteiger partial charge is 0.359 e. The van der Waals surface area contributed by atoms with Gasteiger partial charge in [-0.05, 0) is 62.7 Å². The van der Waals surface area contributed by atoms with E-state index in [9.17, 15) is 9.59 Å². The van der Waals surface area contributed by atoms with Crippen LogP contribution in [0, 0.1) is 12.8 Å². The number of nitrogens with one attached hydrogen (secondary N) is 3. The van der Waals surface area contributed by atoms with E-state index in [4.69, 9.17) is 10.5 Å². The molecule has 2 aromatic heterocycles. The van der Waals surface area contributed by atoms with Crippen LogP contribution in [-0.4, -0.2) is 38.6 Å². The second-order valence-electron chi connectivity index (χ2n) is 7.29. The number of nitrogen functional groups attached to an aromatic ring is 1. The molecule has 0 atom stereocenters. The molecule has 1 amide bonds. The number of H-pyrrole nitrogens is 1. The van der Waals surface area contributed by atoms with Gasteiger partial charge in [0.1, 0.15) is 5.69 Å². The number of aryl methyl sites for hydroxylation is 1. The van der Waals surface area contributed by atoms with E-state index in [1.54, 1.807) is 13.0 Å². The zero-order valence-electron chi connectivity index (χ0n) is 17.6. The van der Waals surface area contributed by atoms with Crippen LogP contribution in [0.25, 0.3) is 0 Å². The van der Waals surface area contributed by atoms with Gasteiger partial charge in [-0.15, -0.1) is 0 Å². The Morgan fingerprint density at radius 2 is 2.00 bits per heavy atom. The molecule has 5 N–H and O–H groups in total. The highest BCUT2D eigenvalue weighted by Crippen LogP contribution is 2.32. The maximum absolute atomic E-state index is 12.4. The van der Waals surface area contributed by atoms with Crippen LogP contribution in [0.3, 0.4) is 0 Å². The van der Waals surface area contributed by atoms with E-state index >= 15 is 0 Å². The van der Waals surface area contributed by atoms with E-state index < -0.39 is 5.97 Å². The van der Waals surface area contributed by atoms with Crippen molar-refractivity contribution in [1.82, 2.24) is 20.2 Å². The summed E-state index contributed by atoms with van der Waals surface area (Å²) in [7, 11) is 0. The molecule has 1 aromatic carbocycles. The molecular weight excluding hydrogens is 430 g/mol. The number of carbonyl (C=O) groups is 2. The third-order valence-electron chi connectivity index (χ3n) is 4.63. The van der Waals surface area contributed by atoms with Crippen LogP contribution in [-0.2, 0) is 9.53 Å². The number of esters is 1. The molecule has 166 valence electrons. The molecule has 4 rings (SSSR count). The van der Waals surface area contributed by atoms with Gasteiger partial charge in [0.25, 0.3) is 0 Å². The second kappa shape index (κ2) is 9.27. The van der Waals surface area contributed by atoms with Crippen molar-refractivity contribution in [2.75, 3.05) is 23.0 Å². The summed E-state index contributed by atoms with van der Waals surface area (Å²) >= 11 is 1.26. The van der Waals surface area contributed by atoms with Gasteiger partial charge >= 0.3 is 5.97 Å². The number of aromatic nitrogens is 4. The lowest BCUT2D eigenvalue weighted by molar-refractivity contribution is -0.117. The third kappa shape index (κ3) is 5.17. The molecular formula is C21H23N7O3S. The van der Waals surface area contributed by atoms with E-state index in [2.05, 4.69) is 30.8 Å². The Balaban J connectivity index is 1.57. The Morgan fingerprint density at radius 1 is 1.25 bits per heavy atom. The number of anilines is 4. The summed E-state index contributed by atoms with van der Waals surface area (Å²) in [5, 5.41) is 13.2. The van der Waals surface area contributed by atoms with Gasteiger partial charge in [-0.1, -0.05) is 0 Å². The highest BCUT2D eigenvalue weighted by molar-refractivity contribution is 7.99. The predicted octanol–water partition coefficient (Wildman–Crippen LogP) is 3.51. The minimum Gasteiger partial charge on any atom is -0.461 e. The highest BCUT2D eigenvalue weighted by Gasteiger charge is 2.29. The first kappa shape index (κ1) is 21.6. The maximum atomic E-state index is 12.4. The Hall–Kier alpha value is -3.60. The van der Waals surface area contributed by atoms with E-state index in [0.29, 0.717) is 11.0 Å². The van der Waals surface area contributed by atoms with E-state index in [-0.39, 0.29) is 35.6 Å². The summed E-state index contributed by atoms with van der Waals surface area (Å²) in [5.41, 5.74) is 7.79. The molecule has 0 spiro atoms. The molecule has 10 nitrogen and oxygen atoms in total. The molecule has 0 radical (unpaired) electrons. The first-order valence-corrected chi connectivity index (χ1v) is 11.0. The van der Waals surface area contributed by atoms with Gasteiger partial charge in [-0.2, -0.15) is 5.10 Å². The Morgan fingerprint density at radius 3 is 2.62 bits per heavy atom. The largest absolute Gasteiger partial charge is 0.461 e. The summed E-state index contributed by atoms with van der Waals surface area (Å²) in [6.07, 6.45) is 1.90. The van der Waals surface area contributed by atoms with Gasteiger partial charge in [0, 0.05) is 28.3 Å². The van der Waals surface area contributed by atoms with Gasteiger partial charge in [0.2, 0.25) is 5.91 Å². The fourth-order valence-electron chi connectivity index (χ4n) is 2.85. The molecule has 32 heavy (non-hydrogen) atoms. The summed E-state index contributed by atoms with van der Waals surface area (Å²) < 4.78 is 5.09. The van der Waals surface area contributed by atoms with E-state index in [0.717, 1.165) is 29.1 Å². The fourth-order valence-corrected chi connectivity index (χ4v) is 3.61. The topological polar surface area (TPSA) is 148 Å². The van der Waals surface area contributed by atoms with Crippen molar-refractivity contribution in [1.29, 1.82) is 0 Å². The molecule has 1 saturated carbocycles. The van der Waals surface area contributed by atoms with Crippen molar-refractivity contribution in [3.63, 3.8) is 0 Å². The number of nitrogens with zero attached hydrogens (tertiary/aromatic N) is 3. The SMILES string of the molecule is CCOC(=O)c1nc(Sc2ccc(NC(=O)C3CC3)cc2)nc(Nc2cc(C)[nH]n2)c1N. The van der Waals surface area contributed by atoms with Crippen LogP contribution in [0.15, 0.2) is 40.4 Å². The summed E-state index contributed by atoms with van der Waals surface area (Å²) in [5.74, 6) is 0.321. The van der Waals surface area contributed by atoms with Gasteiger partial charge in [-0.3, -0.25) is 9.89 Å². The van der Waals surface area contributed by atoms with Crippen LogP contribution in [0.1, 0.15) is 35.9 Å². The molecule has 0 saturated heterocycles. The molecule has 2 heterocycles. The summed E-state index contributed by atoms with van der Waals surface area (Å²) in [4.78, 5) is 33.9. The van der Waals surface area contributed by atoms with Crippen molar-refractivity contribution in [3.05, 3.63) is 41.7 Å². The Kier molecular flexibility index (Phi) is 6.26. The average molecular weight is 454 g/mol. The first-order chi connectivity index (χ1) is 15.4. The van der Waals surface area contributed by atoms with Crippen molar-refractivity contribution in [3.8, 4) is 0 Å².